The summed E-state index contributed by atoms with van der Waals surface area (Å²) in [7, 11) is 0. The molecule has 0 aromatic heterocycles. The van der Waals surface area contributed by atoms with Crippen molar-refractivity contribution in [3.05, 3.63) is 28.0 Å². The summed E-state index contributed by atoms with van der Waals surface area (Å²) >= 11 is 3.45. The van der Waals surface area contributed by atoms with Gasteiger partial charge in [0, 0.05) is 16.4 Å². The van der Waals surface area contributed by atoms with Gasteiger partial charge in [0.15, 0.2) is 0 Å². The van der Waals surface area contributed by atoms with Crippen molar-refractivity contribution in [1.82, 2.24) is 0 Å². The number of nitrogens with one attached hydrogen (secondary N) is 1. The third-order valence-electron chi connectivity index (χ3n) is 2.49. The second-order valence-electron chi connectivity index (χ2n) is 4.02. The standard InChI is InChI=1S/C10H11BrFN/c1-10(2)5-13-9-7(12)4-3-6(11)8(9)10/h3-4,13H,5H2,1-2H3. The highest BCUT2D eigenvalue weighted by molar-refractivity contribution is 9.10. The van der Waals surface area contributed by atoms with E-state index in [0.29, 0.717) is 5.69 Å². The predicted octanol–water partition coefficient (Wildman–Crippen LogP) is 3.29. The van der Waals surface area contributed by atoms with Gasteiger partial charge < -0.3 is 5.32 Å². The first-order valence-electron chi connectivity index (χ1n) is 4.25. The van der Waals surface area contributed by atoms with Crippen LogP contribution in [0.15, 0.2) is 16.6 Å². The summed E-state index contributed by atoms with van der Waals surface area (Å²) in [5, 5.41) is 3.09. The van der Waals surface area contributed by atoms with Gasteiger partial charge in [0.1, 0.15) is 5.82 Å². The van der Waals surface area contributed by atoms with Gasteiger partial charge in [-0.25, -0.2) is 4.39 Å². The molecule has 0 spiro atoms. The highest BCUT2D eigenvalue weighted by atomic mass is 79.9. The van der Waals surface area contributed by atoms with E-state index in [1.54, 1.807) is 6.07 Å². The fourth-order valence-corrected chi connectivity index (χ4v) is 2.65. The Morgan fingerprint density at radius 1 is 1.46 bits per heavy atom. The van der Waals surface area contributed by atoms with Crippen molar-refractivity contribution in [3.63, 3.8) is 0 Å². The maximum Gasteiger partial charge on any atom is 0.146 e. The molecule has 1 aromatic carbocycles. The van der Waals surface area contributed by atoms with Crippen LogP contribution in [-0.2, 0) is 5.41 Å². The predicted molar refractivity (Wildman–Crippen MR) is 55.6 cm³/mol. The second kappa shape index (κ2) is 2.71. The van der Waals surface area contributed by atoms with E-state index >= 15 is 0 Å². The number of benzene rings is 1. The molecule has 0 unspecified atom stereocenters. The average molecular weight is 244 g/mol. The van der Waals surface area contributed by atoms with Crippen molar-refractivity contribution in [2.24, 2.45) is 0 Å². The number of hydrogen-bond donors (Lipinski definition) is 1. The molecular weight excluding hydrogens is 233 g/mol. The molecule has 1 N–H and O–H groups in total. The molecule has 13 heavy (non-hydrogen) atoms. The highest BCUT2D eigenvalue weighted by Gasteiger charge is 2.33. The lowest BCUT2D eigenvalue weighted by atomic mass is 9.87. The van der Waals surface area contributed by atoms with E-state index in [4.69, 9.17) is 0 Å². The molecule has 1 heterocycles. The Hall–Kier alpha value is -0.570. The minimum Gasteiger partial charge on any atom is -0.382 e. The highest BCUT2D eigenvalue weighted by Crippen LogP contribution is 2.42. The Morgan fingerprint density at radius 3 is 2.77 bits per heavy atom. The van der Waals surface area contributed by atoms with Crippen molar-refractivity contribution in [3.8, 4) is 0 Å². The number of hydrogen-bond acceptors (Lipinski definition) is 1. The molecular formula is C10H11BrFN. The monoisotopic (exact) mass is 243 g/mol. The van der Waals surface area contributed by atoms with Gasteiger partial charge in [0.25, 0.3) is 0 Å². The topological polar surface area (TPSA) is 12.0 Å². The van der Waals surface area contributed by atoms with Gasteiger partial charge >= 0.3 is 0 Å². The maximum absolute atomic E-state index is 13.3. The summed E-state index contributed by atoms with van der Waals surface area (Å²) in [5.74, 6) is -0.163. The summed E-state index contributed by atoms with van der Waals surface area (Å²) in [6, 6.07) is 3.25. The van der Waals surface area contributed by atoms with Gasteiger partial charge in [0.2, 0.25) is 0 Å². The molecule has 0 bridgehead atoms. The molecule has 1 aliphatic heterocycles. The van der Waals surface area contributed by atoms with Crippen LogP contribution in [0.4, 0.5) is 10.1 Å². The van der Waals surface area contributed by atoms with E-state index in [2.05, 4.69) is 35.1 Å². The van der Waals surface area contributed by atoms with E-state index in [-0.39, 0.29) is 11.2 Å². The van der Waals surface area contributed by atoms with Crippen LogP contribution in [0, 0.1) is 5.82 Å². The van der Waals surface area contributed by atoms with Crippen LogP contribution in [0.2, 0.25) is 0 Å². The minimum absolute atomic E-state index is 0.0102. The summed E-state index contributed by atoms with van der Waals surface area (Å²) in [4.78, 5) is 0. The van der Waals surface area contributed by atoms with Crippen molar-refractivity contribution in [2.75, 3.05) is 11.9 Å². The largest absolute Gasteiger partial charge is 0.382 e. The number of halogens is 2. The van der Waals surface area contributed by atoms with Gasteiger partial charge in [-0.05, 0) is 17.7 Å². The fourth-order valence-electron chi connectivity index (χ4n) is 1.78. The van der Waals surface area contributed by atoms with Crippen molar-refractivity contribution < 1.29 is 4.39 Å². The Bertz CT molecular complexity index is 360. The molecule has 0 atom stereocenters. The lowest BCUT2D eigenvalue weighted by Gasteiger charge is -2.18. The molecule has 0 amide bonds. The zero-order chi connectivity index (χ0) is 9.64. The first kappa shape index (κ1) is 9.00. The van der Waals surface area contributed by atoms with Crippen molar-refractivity contribution in [2.45, 2.75) is 19.3 Å². The normalized spacial score (nSPS) is 18.2. The molecule has 1 aliphatic rings. The molecule has 0 radical (unpaired) electrons. The smallest absolute Gasteiger partial charge is 0.146 e. The van der Waals surface area contributed by atoms with E-state index in [1.165, 1.54) is 6.07 Å². The quantitative estimate of drug-likeness (QED) is 0.738. The summed E-state index contributed by atoms with van der Waals surface area (Å²) in [6.07, 6.45) is 0. The molecule has 1 nitrogen and oxygen atoms in total. The molecule has 1 aromatic rings. The third kappa shape index (κ3) is 1.26. The molecule has 2 rings (SSSR count). The lowest BCUT2D eigenvalue weighted by molar-refractivity contribution is 0.582. The average Bonchev–Trinajstić information content (AvgIpc) is 2.36. The third-order valence-corrected chi connectivity index (χ3v) is 3.15. The molecule has 3 heteroatoms. The summed E-state index contributed by atoms with van der Waals surface area (Å²) < 4.78 is 14.3. The molecule has 0 fully saturated rings. The Labute approximate surface area is 85.5 Å². The first-order valence-corrected chi connectivity index (χ1v) is 5.04. The second-order valence-corrected chi connectivity index (χ2v) is 4.87. The lowest BCUT2D eigenvalue weighted by Crippen LogP contribution is -2.19. The first-order chi connectivity index (χ1) is 6.02. The van der Waals surface area contributed by atoms with Gasteiger partial charge in [-0.3, -0.25) is 0 Å². The van der Waals surface area contributed by atoms with Crippen LogP contribution >= 0.6 is 15.9 Å². The van der Waals surface area contributed by atoms with Crippen molar-refractivity contribution in [1.29, 1.82) is 0 Å². The van der Waals surface area contributed by atoms with Crippen LogP contribution < -0.4 is 5.32 Å². The van der Waals surface area contributed by atoms with E-state index < -0.39 is 0 Å². The van der Waals surface area contributed by atoms with E-state index in [1.807, 2.05) is 0 Å². The van der Waals surface area contributed by atoms with Crippen LogP contribution in [0.5, 0.6) is 0 Å². The fraction of sp³-hybridized carbons (Fsp3) is 0.400. The van der Waals surface area contributed by atoms with Crippen LogP contribution in [-0.4, -0.2) is 6.54 Å². The minimum atomic E-state index is -0.163. The van der Waals surface area contributed by atoms with E-state index in [9.17, 15) is 4.39 Å². The van der Waals surface area contributed by atoms with Crippen LogP contribution in [0.25, 0.3) is 0 Å². The molecule has 0 saturated carbocycles. The van der Waals surface area contributed by atoms with Gasteiger partial charge in [-0.1, -0.05) is 29.8 Å². The zero-order valence-electron chi connectivity index (χ0n) is 7.62. The van der Waals surface area contributed by atoms with Gasteiger partial charge in [-0.15, -0.1) is 0 Å². The number of anilines is 1. The molecule has 70 valence electrons. The number of fused-ring (bicyclic) bond motifs is 1. The Kier molecular flexibility index (Phi) is 1.88. The van der Waals surface area contributed by atoms with E-state index in [0.717, 1.165) is 16.6 Å². The SMILES string of the molecule is CC1(C)CNc2c(F)ccc(Br)c21. The molecule has 0 aliphatic carbocycles. The Morgan fingerprint density at radius 2 is 2.15 bits per heavy atom. The van der Waals surface area contributed by atoms with Gasteiger partial charge in [0.05, 0.1) is 5.69 Å². The summed E-state index contributed by atoms with van der Waals surface area (Å²) in [6.45, 7) is 5.01. The molecule has 0 saturated heterocycles. The van der Waals surface area contributed by atoms with Crippen LogP contribution in [0.1, 0.15) is 19.4 Å². The Balaban J connectivity index is 2.70. The van der Waals surface area contributed by atoms with Crippen LogP contribution in [0.3, 0.4) is 0 Å². The zero-order valence-corrected chi connectivity index (χ0v) is 9.20. The van der Waals surface area contributed by atoms with Crippen molar-refractivity contribution >= 4 is 21.6 Å². The number of rotatable bonds is 0. The maximum atomic E-state index is 13.3. The van der Waals surface area contributed by atoms with Gasteiger partial charge in [-0.2, -0.15) is 0 Å². The summed E-state index contributed by atoms with van der Waals surface area (Å²) in [5.41, 5.74) is 1.71.